The summed E-state index contributed by atoms with van der Waals surface area (Å²) in [7, 11) is -3.57. The van der Waals surface area contributed by atoms with Crippen molar-refractivity contribution in [2.75, 3.05) is 17.6 Å². The molecule has 176 valence electrons. The second kappa shape index (κ2) is 9.48. The molecule has 0 fully saturated rings. The van der Waals surface area contributed by atoms with Crippen LogP contribution in [0.3, 0.4) is 0 Å². The number of benzene rings is 2. The molecule has 0 aliphatic rings. The lowest BCUT2D eigenvalue weighted by Crippen LogP contribution is -2.29. The number of hydrogen-bond donors (Lipinski definition) is 2. The number of ether oxygens (including phenoxy) is 1. The largest absolute Gasteiger partial charge is 0.483 e. The molecule has 0 spiro atoms. The van der Waals surface area contributed by atoms with E-state index in [9.17, 15) is 17.6 Å². The van der Waals surface area contributed by atoms with Crippen molar-refractivity contribution < 1.29 is 22.3 Å². The third kappa shape index (κ3) is 7.51. The van der Waals surface area contributed by atoms with Crippen molar-refractivity contribution in [1.82, 2.24) is 5.32 Å². The van der Waals surface area contributed by atoms with Gasteiger partial charge in [-0.25, -0.2) is 12.8 Å². The summed E-state index contributed by atoms with van der Waals surface area (Å²) in [5, 5.41) is 2.69. The first-order chi connectivity index (χ1) is 14.6. The molecule has 0 atom stereocenters. The smallest absolute Gasteiger partial charge is 0.258 e. The topological polar surface area (TPSA) is 84.5 Å². The Morgan fingerprint density at radius 2 is 1.66 bits per heavy atom. The highest BCUT2D eigenvalue weighted by Gasteiger charge is 2.23. The summed E-state index contributed by atoms with van der Waals surface area (Å²) in [6.07, 6.45) is 0.947. The number of nitrogens with one attached hydrogen (secondary N) is 2. The van der Waals surface area contributed by atoms with E-state index in [0.717, 1.165) is 11.8 Å². The van der Waals surface area contributed by atoms with Crippen LogP contribution in [0.15, 0.2) is 36.4 Å². The van der Waals surface area contributed by atoms with Gasteiger partial charge in [0.15, 0.2) is 6.61 Å². The van der Waals surface area contributed by atoms with Crippen LogP contribution < -0.4 is 14.8 Å². The Hall–Kier alpha value is -2.61. The monoisotopic (exact) mass is 464 g/mol. The second-order valence-corrected chi connectivity index (χ2v) is 11.7. The fourth-order valence-corrected chi connectivity index (χ4v) is 3.62. The highest BCUT2D eigenvalue weighted by atomic mass is 32.2. The first-order valence-electron chi connectivity index (χ1n) is 10.4. The lowest BCUT2D eigenvalue weighted by molar-refractivity contribution is -0.123. The van der Waals surface area contributed by atoms with E-state index in [1.54, 1.807) is 6.07 Å². The number of carbonyl (C=O) groups is 1. The minimum Gasteiger partial charge on any atom is -0.483 e. The molecular weight excluding hydrogens is 431 g/mol. The van der Waals surface area contributed by atoms with Gasteiger partial charge in [-0.1, -0.05) is 59.7 Å². The first-order valence-corrected chi connectivity index (χ1v) is 12.3. The predicted octanol–water partition coefficient (Wildman–Crippen LogP) is 4.49. The summed E-state index contributed by atoms with van der Waals surface area (Å²) in [5.41, 5.74) is 2.41. The molecule has 0 radical (unpaired) electrons. The third-order valence-electron chi connectivity index (χ3n) is 4.83. The lowest BCUT2D eigenvalue weighted by Gasteiger charge is -2.27. The van der Waals surface area contributed by atoms with Gasteiger partial charge in [-0.2, -0.15) is 0 Å². The quantitative estimate of drug-likeness (QED) is 0.632. The van der Waals surface area contributed by atoms with Crippen molar-refractivity contribution >= 4 is 21.6 Å². The third-order valence-corrected chi connectivity index (χ3v) is 5.42. The van der Waals surface area contributed by atoms with E-state index >= 15 is 0 Å². The molecule has 6 nitrogen and oxygen atoms in total. The molecule has 0 aliphatic heterocycles. The van der Waals surface area contributed by atoms with Gasteiger partial charge < -0.3 is 10.1 Å². The summed E-state index contributed by atoms with van der Waals surface area (Å²) >= 11 is 0. The van der Waals surface area contributed by atoms with E-state index in [1.807, 2.05) is 12.1 Å². The van der Waals surface area contributed by atoms with Crippen LogP contribution in [0, 0.1) is 5.82 Å². The highest BCUT2D eigenvalue weighted by molar-refractivity contribution is 7.92. The lowest BCUT2D eigenvalue weighted by atomic mass is 9.80. The fraction of sp³-hybridized carbons (Fsp3) is 0.458. The van der Waals surface area contributed by atoms with E-state index < -0.39 is 15.8 Å². The predicted molar refractivity (Wildman–Crippen MR) is 126 cm³/mol. The molecule has 0 unspecified atom stereocenters. The van der Waals surface area contributed by atoms with Crippen molar-refractivity contribution in [2.45, 2.75) is 58.9 Å². The molecule has 2 N–H and O–H groups in total. The Kier molecular flexibility index (Phi) is 7.60. The zero-order valence-corrected chi connectivity index (χ0v) is 20.6. The Labute approximate surface area is 190 Å². The highest BCUT2D eigenvalue weighted by Crippen LogP contribution is 2.35. The zero-order chi connectivity index (χ0) is 24.3. The molecule has 1 amide bonds. The molecule has 2 rings (SSSR count). The molecular formula is C24H33FN2O4S. The average molecular weight is 465 g/mol. The number of amides is 1. The Morgan fingerprint density at radius 3 is 2.19 bits per heavy atom. The van der Waals surface area contributed by atoms with E-state index in [4.69, 9.17) is 4.74 Å². The molecule has 32 heavy (non-hydrogen) atoms. The summed E-state index contributed by atoms with van der Waals surface area (Å²) in [6, 6.07) is 10.1. The van der Waals surface area contributed by atoms with E-state index in [0.29, 0.717) is 11.3 Å². The molecule has 0 saturated heterocycles. The van der Waals surface area contributed by atoms with E-state index in [1.165, 1.54) is 17.7 Å². The molecule has 0 aliphatic carbocycles. The molecule has 0 aromatic heterocycles. The Bertz CT molecular complexity index is 1080. The average Bonchev–Trinajstić information content (AvgIpc) is 2.64. The van der Waals surface area contributed by atoms with E-state index in [2.05, 4.69) is 57.6 Å². The Morgan fingerprint density at radius 1 is 1.00 bits per heavy atom. The maximum Gasteiger partial charge on any atom is 0.258 e. The normalized spacial score (nSPS) is 12.4. The number of carbonyl (C=O) groups excluding carboxylic acids is 1. The van der Waals surface area contributed by atoms with Crippen molar-refractivity contribution in [3.63, 3.8) is 0 Å². The van der Waals surface area contributed by atoms with Crippen LogP contribution in [-0.2, 0) is 32.2 Å². The zero-order valence-electron chi connectivity index (χ0n) is 19.8. The van der Waals surface area contributed by atoms with E-state index in [-0.39, 0.29) is 35.6 Å². The number of hydrogen-bond acceptors (Lipinski definition) is 4. The number of sulfonamides is 1. The van der Waals surface area contributed by atoms with Crippen molar-refractivity contribution in [3.8, 4) is 5.75 Å². The van der Waals surface area contributed by atoms with Crippen LogP contribution in [0.25, 0.3) is 0 Å². The molecule has 0 heterocycles. The molecule has 0 bridgehead atoms. The molecule has 2 aromatic rings. The van der Waals surface area contributed by atoms with Crippen LogP contribution in [0.5, 0.6) is 5.75 Å². The van der Waals surface area contributed by atoms with Crippen LogP contribution >= 0.6 is 0 Å². The van der Waals surface area contributed by atoms with Crippen molar-refractivity contribution in [2.24, 2.45) is 0 Å². The first kappa shape index (κ1) is 25.6. The van der Waals surface area contributed by atoms with Gasteiger partial charge in [-0.3, -0.25) is 9.52 Å². The number of halogens is 1. The van der Waals surface area contributed by atoms with Crippen LogP contribution in [-0.4, -0.2) is 27.2 Å². The van der Waals surface area contributed by atoms with Gasteiger partial charge in [0.1, 0.15) is 11.6 Å². The molecule has 8 heteroatoms. The maximum atomic E-state index is 14.1. The SMILES string of the molecule is CC(C)(C)c1ccc(OCC(=O)NCc2ccc(NS(C)(=O)=O)c(F)c2)c(C(C)(C)C)c1. The summed E-state index contributed by atoms with van der Waals surface area (Å²) < 4.78 is 44.5. The van der Waals surface area contributed by atoms with Crippen LogP contribution in [0.2, 0.25) is 0 Å². The maximum absolute atomic E-state index is 14.1. The van der Waals surface area contributed by atoms with Crippen LogP contribution in [0.4, 0.5) is 10.1 Å². The van der Waals surface area contributed by atoms with Gasteiger partial charge in [-0.05, 0) is 45.7 Å². The van der Waals surface area contributed by atoms with Gasteiger partial charge in [0.2, 0.25) is 10.0 Å². The van der Waals surface area contributed by atoms with Gasteiger partial charge >= 0.3 is 0 Å². The fourth-order valence-electron chi connectivity index (χ4n) is 3.05. The summed E-state index contributed by atoms with van der Waals surface area (Å²) in [5.74, 6) is -0.404. The number of anilines is 1. The summed E-state index contributed by atoms with van der Waals surface area (Å²) in [4.78, 5) is 12.3. The van der Waals surface area contributed by atoms with Crippen molar-refractivity contribution in [1.29, 1.82) is 0 Å². The second-order valence-electron chi connectivity index (χ2n) is 9.96. The minimum absolute atomic E-state index is 0.00242. The molecule has 0 saturated carbocycles. The Balaban J connectivity index is 2.02. The molecule has 2 aromatic carbocycles. The number of rotatable bonds is 7. The van der Waals surface area contributed by atoms with Crippen LogP contribution in [0.1, 0.15) is 58.2 Å². The van der Waals surface area contributed by atoms with Gasteiger partial charge in [0.05, 0.1) is 11.9 Å². The van der Waals surface area contributed by atoms with Gasteiger partial charge in [-0.15, -0.1) is 0 Å². The van der Waals surface area contributed by atoms with Gasteiger partial charge in [0, 0.05) is 6.54 Å². The minimum atomic E-state index is -3.57. The van der Waals surface area contributed by atoms with Crippen molar-refractivity contribution in [3.05, 3.63) is 58.9 Å². The summed E-state index contributed by atoms with van der Waals surface area (Å²) in [6.45, 7) is 12.7. The van der Waals surface area contributed by atoms with Gasteiger partial charge in [0.25, 0.3) is 5.91 Å². The standard InChI is InChI=1S/C24H33FN2O4S/c1-23(2,3)17-9-11-21(18(13-17)24(4,5)6)31-15-22(28)26-14-16-8-10-20(19(25)12-16)27-32(7,29)30/h8-13,27H,14-15H2,1-7H3,(H,26,28).